The molecule has 31 heavy (non-hydrogen) atoms. The number of ether oxygens (including phenoxy) is 2. The lowest BCUT2D eigenvalue weighted by Gasteiger charge is -2.38. The van der Waals surface area contributed by atoms with Crippen molar-refractivity contribution < 1.29 is 19.1 Å². The third kappa shape index (κ3) is 4.73. The van der Waals surface area contributed by atoms with Gasteiger partial charge in [-0.05, 0) is 89.1 Å². The summed E-state index contributed by atoms with van der Waals surface area (Å²) >= 11 is 6.22. The third-order valence-corrected chi connectivity index (χ3v) is 6.25. The van der Waals surface area contributed by atoms with E-state index in [9.17, 15) is 9.59 Å². The fraction of sp³-hybridized carbons (Fsp3) is 0.520. The second kappa shape index (κ2) is 8.79. The van der Waals surface area contributed by atoms with E-state index in [1.54, 1.807) is 6.08 Å². The summed E-state index contributed by atoms with van der Waals surface area (Å²) in [7, 11) is 0. The highest BCUT2D eigenvalue weighted by Gasteiger charge is 2.51. The molecule has 1 aliphatic heterocycles. The van der Waals surface area contributed by atoms with E-state index >= 15 is 0 Å². The Morgan fingerprint density at radius 1 is 1.26 bits per heavy atom. The molecule has 0 radical (unpaired) electrons. The Morgan fingerprint density at radius 2 is 1.84 bits per heavy atom. The van der Waals surface area contributed by atoms with Gasteiger partial charge in [-0.15, -0.1) is 6.58 Å². The van der Waals surface area contributed by atoms with Crippen molar-refractivity contribution in [3.8, 4) is 0 Å². The fourth-order valence-electron chi connectivity index (χ4n) is 4.41. The van der Waals surface area contributed by atoms with Crippen LogP contribution in [0.1, 0.15) is 63.1 Å². The fourth-order valence-corrected chi connectivity index (χ4v) is 4.74. The molecule has 3 rings (SSSR count). The Hall–Kier alpha value is -2.11. The first-order valence-corrected chi connectivity index (χ1v) is 11.2. The maximum absolute atomic E-state index is 13.3. The van der Waals surface area contributed by atoms with E-state index in [1.807, 2.05) is 46.8 Å². The van der Waals surface area contributed by atoms with Gasteiger partial charge in [-0.1, -0.05) is 17.7 Å². The number of carbonyl (C=O) groups is 2. The Morgan fingerprint density at radius 3 is 2.35 bits per heavy atom. The molecule has 1 saturated carbocycles. The van der Waals surface area contributed by atoms with Gasteiger partial charge in [0.15, 0.2) is 0 Å². The summed E-state index contributed by atoms with van der Waals surface area (Å²) in [5, 5.41) is 3.78. The molecule has 1 spiro atoms. The van der Waals surface area contributed by atoms with Crippen molar-refractivity contribution in [1.29, 1.82) is 0 Å². The van der Waals surface area contributed by atoms with E-state index < -0.39 is 11.0 Å². The molecular weight excluding hydrogens is 414 g/mol. The maximum atomic E-state index is 13.3. The molecule has 1 N–H and O–H groups in total. The summed E-state index contributed by atoms with van der Waals surface area (Å²) in [5.41, 5.74) is 1.56. The van der Waals surface area contributed by atoms with Crippen LogP contribution < -0.4 is 5.32 Å². The normalized spacial score (nSPS) is 23.8. The standard InChI is InChI=1S/C25H32ClNO4/c1-7-12-30-18-8-10-25(11-9-18)21(31-23(29)24(4,5)6)20(22(28)27-25)19-15(2)13-17(26)14-16(19)3/h7,13-14,18H,1,8-12H2,2-6H3,(H,27,28). The Bertz CT molecular complexity index is 910. The summed E-state index contributed by atoms with van der Waals surface area (Å²) in [6.45, 7) is 13.5. The monoisotopic (exact) mass is 445 g/mol. The number of hydrogen-bond donors (Lipinski definition) is 1. The zero-order chi connectivity index (χ0) is 23.0. The molecule has 1 aromatic carbocycles. The number of esters is 1. The van der Waals surface area contributed by atoms with Gasteiger partial charge in [0, 0.05) is 5.02 Å². The number of carbonyl (C=O) groups excluding carboxylic acids is 2. The minimum atomic E-state index is -0.708. The van der Waals surface area contributed by atoms with Crippen LogP contribution in [0.25, 0.3) is 5.57 Å². The van der Waals surface area contributed by atoms with E-state index in [4.69, 9.17) is 21.1 Å². The number of aryl methyl sites for hydroxylation is 2. The van der Waals surface area contributed by atoms with E-state index in [-0.39, 0.29) is 18.0 Å². The first-order chi connectivity index (χ1) is 14.5. The summed E-state index contributed by atoms with van der Waals surface area (Å²) < 4.78 is 11.9. The highest BCUT2D eigenvalue weighted by Crippen LogP contribution is 2.45. The molecule has 1 heterocycles. The molecule has 6 heteroatoms. The molecule has 0 atom stereocenters. The van der Waals surface area contributed by atoms with Gasteiger partial charge in [-0.2, -0.15) is 0 Å². The molecule has 1 fully saturated rings. The molecule has 0 saturated heterocycles. The lowest BCUT2D eigenvalue weighted by Crippen LogP contribution is -2.49. The average molecular weight is 446 g/mol. The summed E-state index contributed by atoms with van der Waals surface area (Å²) in [6, 6.07) is 3.66. The number of rotatable bonds is 5. The molecule has 1 aromatic rings. The predicted octanol–water partition coefficient (Wildman–Crippen LogP) is 5.27. The minimum Gasteiger partial charge on any atom is -0.427 e. The van der Waals surface area contributed by atoms with Crippen LogP contribution >= 0.6 is 11.6 Å². The SMILES string of the molecule is C=CCOC1CCC2(CC1)NC(=O)C(c1c(C)cc(Cl)cc1C)=C2OC(=O)C(C)(C)C. The summed E-state index contributed by atoms with van der Waals surface area (Å²) in [5.74, 6) is -0.131. The molecule has 2 aliphatic rings. The first-order valence-electron chi connectivity index (χ1n) is 10.8. The average Bonchev–Trinajstić information content (AvgIpc) is 2.91. The molecule has 0 aromatic heterocycles. The van der Waals surface area contributed by atoms with Crippen molar-refractivity contribution in [2.24, 2.45) is 5.41 Å². The van der Waals surface area contributed by atoms with E-state index in [2.05, 4.69) is 11.9 Å². The van der Waals surface area contributed by atoms with Gasteiger partial charge in [0.1, 0.15) is 5.76 Å². The van der Waals surface area contributed by atoms with Gasteiger partial charge in [0.05, 0.1) is 29.2 Å². The van der Waals surface area contributed by atoms with Crippen molar-refractivity contribution >= 4 is 29.1 Å². The van der Waals surface area contributed by atoms with Crippen LogP contribution in [-0.2, 0) is 19.1 Å². The predicted molar refractivity (Wildman–Crippen MR) is 123 cm³/mol. The van der Waals surface area contributed by atoms with Gasteiger partial charge >= 0.3 is 5.97 Å². The van der Waals surface area contributed by atoms with E-state index in [1.165, 1.54) is 0 Å². The largest absolute Gasteiger partial charge is 0.427 e. The highest BCUT2D eigenvalue weighted by atomic mass is 35.5. The van der Waals surface area contributed by atoms with Gasteiger partial charge in [0.25, 0.3) is 5.91 Å². The van der Waals surface area contributed by atoms with Crippen molar-refractivity contribution in [2.75, 3.05) is 6.61 Å². The number of nitrogens with one attached hydrogen (secondary N) is 1. The quantitative estimate of drug-likeness (QED) is 0.495. The zero-order valence-corrected chi connectivity index (χ0v) is 19.8. The molecule has 1 amide bonds. The molecule has 0 unspecified atom stereocenters. The van der Waals surface area contributed by atoms with Crippen LogP contribution in [0, 0.1) is 19.3 Å². The van der Waals surface area contributed by atoms with Crippen molar-refractivity contribution in [3.63, 3.8) is 0 Å². The Labute approximate surface area is 189 Å². The molecule has 1 aliphatic carbocycles. The lowest BCUT2D eigenvalue weighted by atomic mass is 9.78. The number of hydrogen-bond acceptors (Lipinski definition) is 4. The van der Waals surface area contributed by atoms with Gasteiger partial charge < -0.3 is 14.8 Å². The van der Waals surface area contributed by atoms with Gasteiger partial charge in [-0.3, -0.25) is 9.59 Å². The Kier molecular flexibility index (Phi) is 6.68. The van der Waals surface area contributed by atoms with Crippen molar-refractivity contribution in [2.45, 2.75) is 71.9 Å². The van der Waals surface area contributed by atoms with Crippen LogP contribution in [0.15, 0.2) is 30.5 Å². The second-order valence-corrected chi connectivity index (χ2v) is 10.1. The third-order valence-electron chi connectivity index (χ3n) is 6.03. The van der Waals surface area contributed by atoms with E-state index in [0.29, 0.717) is 35.8 Å². The minimum absolute atomic E-state index is 0.100. The van der Waals surface area contributed by atoms with Crippen LogP contribution in [0.3, 0.4) is 0 Å². The molecule has 168 valence electrons. The molecular formula is C25H32ClNO4. The maximum Gasteiger partial charge on any atom is 0.316 e. The lowest BCUT2D eigenvalue weighted by molar-refractivity contribution is -0.150. The molecule has 5 nitrogen and oxygen atoms in total. The van der Waals surface area contributed by atoms with Gasteiger partial charge in [0.2, 0.25) is 0 Å². The van der Waals surface area contributed by atoms with Crippen molar-refractivity contribution in [3.05, 3.63) is 52.3 Å². The van der Waals surface area contributed by atoms with Crippen LogP contribution in [-0.4, -0.2) is 30.1 Å². The summed E-state index contributed by atoms with van der Waals surface area (Å²) in [6.07, 6.45) is 4.64. The smallest absolute Gasteiger partial charge is 0.316 e. The number of amides is 1. The zero-order valence-electron chi connectivity index (χ0n) is 19.1. The topological polar surface area (TPSA) is 64.6 Å². The summed E-state index contributed by atoms with van der Waals surface area (Å²) in [4.78, 5) is 26.2. The highest BCUT2D eigenvalue weighted by molar-refractivity contribution is 6.31. The number of benzene rings is 1. The van der Waals surface area contributed by atoms with Crippen LogP contribution in [0.2, 0.25) is 5.02 Å². The number of halogens is 1. The molecule has 0 bridgehead atoms. The first kappa shape index (κ1) is 23.6. The van der Waals surface area contributed by atoms with Gasteiger partial charge in [-0.25, -0.2) is 0 Å². The van der Waals surface area contributed by atoms with Crippen LogP contribution in [0.4, 0.5) is 0 Å². The van der Waals surface area contributed by atoms with E-state index in [0.717, 1.165) is 29.5 Å². The Balaban J connectivity index is 2.08. The second-order valence-electron chi connectivity index (χ2n) is 9.62. The van der Waals surface area contributed by atoms with Crippen molar-refractivity contribution in [1.82, 2.24) is 5.32 Å². The van der Waals surface area contributed by atoms with Crippen LogP contribution in [0.5, 0.6) is 0 Å².